The van der Waals surface area contributed by atoms with Gasteiger partial charge in [-0.15, -0.1) is 0 Å². The molecule has 0 atom stereocenters. The van der Waals surface area contributed by atoms with E-state index in [1.807, 2.05) is 0 Å². The zero-order chi connectivity index (χ0) is 10.3. The van der Waals surface area contributed by atoms with Gasteiger partial charge < -0.3 is 17.9 Å². The van der Waals surface area contributed by atoms with E-state index in [0.29, 0.717) is 10.9 Å². The van der Waals surface area contributed by atoms with Crippen LogP contribution < -0.4 is 5.59 Å². The zero-order valence-corrected chi connectivity index (χ0v) is 8.48. The van der Waals surface area contributed by atoms with Crippen LogP contribution in [0.3, 0.4) is 0 Å². The molecule has 6 heteroatoms. The Kier molecular flexibility index (Phi) is 2.10. The average Bonchev–Trinajstić information content (AvgIpc) is 2.45. The molecule has 0 amide bonds. The maximum atomic E-state index is 12.3. The lowest BCUT2D eigenvalue weighted by Gasteiger charge is -2.10. The lowest BCUT2D eigenvalue weighted by molar-refractivity contribution is 0.499. The molecule has 0 unspecified atom stereocenters. The molecule has 0 spiro atoms. The van der Waals surface area contributed by atoms with Gasteiger partial charge in [-0.25, -0.2) is 0 Å². The highest BCUT2D eigenvalue weighted by Gasteiger charge is 2.27. The number of benzene rings is 1. The molecular formula is C8H5BBrF3N-. The van der Waals surface area contributed by atoms with Gasteiger partial charge in [0.25, 0.3) is 0 Å². The summed E-state index contributed by atoms with van der Waals surface area (Å²) in [5.41, 5.74) is -0.152. The van der Waals surface area contributed by atoms with Crippen LogP contribution in [0.15, 0.2) is 28.7 Å². The Labute approximate surface area is 86.5 Å². The van der Waals surface area contributed by atoms with Gasteiger partial charge in [0.05, 0.1) is 0 Å². The van der Waals surface area contributed by atoms with E-state index >= 15 is 0 Å². The van der Waals surface area contributed by atoms with Crippen LogP contribution in [-0.2, 0) is 0 Å². The number of aromatic nitrogens is 1. The Morgan fingerprint density at radius 3 is 2.50 bits per heavy atom. The van der Waals surface area contributed by atoms with Gasteiger partial charge in [-0.3, -0.25) is 0 Å². The molecule has 1 N–H and O–H groups in total. The topological polar surface area (TPSA) is 15.8 Å². The maximum absolute atomic E-state index is 12.3. The first-order valence-corrected chi connectivity index (χ1v) is 4.74. The molecule has 1 nitrogen and oxygen atoms in total. The first-order valence-electron chi connectivity index (χ1n) is 3.95. The van der Waals surface area contributed by atoms with E-state index in [2.05, 4.69) is 20.9 Å². The Balaban J connectivity index is 2.63. The van der Waals surface area contributed by atoms with Crippen LogP contribution in [0.4, 0.5) is 12.9 Å². The summed E-state index contributed by atoms with van der Waals surface area (Å²) in [6.07, 6.45) is 0. The van der Waals surface area contributed by atoms with Crippen LogP contribution in [0.5, 0.6) is 0 Å². The molecule has 2 rings (SSSR count). The summed E-state index contributed by atoms with van der Waals surface area (Å²) in [6, 6.07) is 6.09. The van der Waals surface area contributed by atoms with Crippen molar-refractivity contribution in [1.29, 1.82) is 0 Å². The third-order valence-electron chi connectivity index (χ3n) is 1.96. The predicted octanol–water partition coefficient (Wildman–Crippen LogP) is 2.98. The molecule has 1 heterocycles. The number of aromatic amines is 1. The fourth-order valence-corrected chi connectivity index (χ4v) is 1.68. The SMILES string of the molecule is F[B-](F)(F)c1cc2cc(Br)ccc2[nH]1. The molecule has 0 radical (unpaired) electrons. The molecule has 14 heavy (non-hydrogen) atoms. The molecule has 0 saturated heterocycles. The number of halogens is 4. The minimum absolute atomic E-state index is 0.502. The monoisotopic (exact) mass is 262 g/mol. The average molecular weight is 263 g/mol. The second kappa shape index (κ2) is 3.05. The summed E-state index contributed by atoms with van der Waals surface area (Å²) in [7, 11) is 0. The number of hydrogen-bond acceptors (Lipinski definition) is 0. The summed E-state index contributed by atoms with van der Waals surface area (Å²) in [5.74, 6) is 0. The van der Waals surface area contributed by atoms with Crippen LogP contribution in [0, 0.1) is 0 Å². The number of fused-ring (bicyclic) bond motifs is 1. The first-order chi connectivity index (χ1) is 6.47. The highest BCUT2D eigenvalue weighted by molar-refractivity contribution is 9.10. The van der Waals surface area contributed by atoms with Crippen molar-refractivity contribution < 1.29 is 12.9 Å². The lowest BCUT2D eigenvalue weighted by Crippen LogP contribution is -2.34. The van der Waals surface area contributed by atoms with Gasteiger partial charge in [0.2, 0.25) is 0 Å². The molecule has 2 aromatic rings. The Morgan fingerprint density at radius 2 is 1.86 bits per heavy atom. The van der Waals surface area contributed by atoms with E-state index in [1.165, 1.54) is 0 Å². The van der Waals surface area contributed by atoms with Crippen molar-refractivity contribution in [3.05, 3.63) is 28.7 Å². The molecule has 0 aliphatic carbocycles. The van der Waals surface area contributed by atoms with Crippen LogP contribution in [0.25, 0.3) is 10.9 Å². The summed E-state index contributed by atoms with van der Waals surface area (Å²) < 4.78 is 37.8. The number of rotatable bonds is 1. The van der Waals surface area contributed by atoms with E-state index in [1.54, 1.807) is 18.2 Å². The van der Waals surface area contributed by atoms with E-state index in [-0.39, 0.29) is 0 Å². The van der Waals surface area contributed by atoms with E-state index < -0.39 is 12.6 Å². The van der Waals surface area contributed by atoms with Gasteiger partial charge in [-0.1, -0.05) is 22.0 Å². The smallest absolute Gasteiger partial charge is 0.444 e. The van der Waals surface area contributed by atoms with E-state index in [4.69, 9.17) is 0 Å². The van der Waals surface area contributed by atoms with Crippen molar-refractivity contribution in [1.82, 2.24) is 4.98 Å². The van der Waals surface area contributed by atoms with E-state index in [0.717, 1.165) is 10.5 Å². The molecule has 0 saturated carbocycles. The Bertz CT molecular complexity index is 477. The molecule has 0 aliphatic rings. The van der Waals surface area contributed by atoms with Gasteiger partial charge in [0.1, 0.15) is 0 Å². The van der Waals surface area contributed by atoms with Gasteiger partial charge in [0.15, 0.2) is 0 Å². The fourth-order valence-electron chi connectivity index (χ4n) is 1.30. The van der Waals surface area contributed by atoms with Crippen LogP contribution >= 0.6 is 15.9 Å². The molecule has 0 fully saturated rings. The van der Waals surface area contributed by atoms with Crippen molar-refractivity contribution in [3.63, 3.8) is 0 Å². The fraction of sp³-hybridized carbons (Fsp3) is 0. The predicted molar refractivity (Wildman–Crippen MR) is 54.7 cm³/mol. The van der Waals surface area contributed by atoms with Crippen molar-refractivity contribution in [3.8, 4) is 0 Å². The summed E-state index contributed by atoms with van der Waals surface area (Å²) >= 11 is 3.20. The number of H-pyrrole nitrogens is 1. The standard InChI is InChI=1S/C8H5BBrF3N/c10-6-1-2-7-5(3-6)4-8(14-7)9(11,12)13/h1-4,14H/q-1. The minimum atomic E-state index is -4.94. The summed E-state index contributed by atoms with van der Waals surface area (Å²) in [6.45, 7) is -4.94. The number of hydrogen-bond donors (Lipinski definition) is 1. The van der Waals surface area contributed by atoms with Crippen molar-refractivity contribution >= 4 is 39.4 Å². The summed E-state index contributed by atoms with van der Waals surface area (Å²) in [5, 5.41) is 0.563. The normalized spacial score (nSPS) is 12.3. The van der Waals surface area contributed by atoms with Gasteiger partial charge in [-0.2, -0.15) is 0 Å². The highest BCUT2D eigenvalue weighted by Crippen LogP contribution is 2.19. The van der Waals surface area contributed by atoms with Crippen molar-refractivity contribution in [2.75, 3.05) is 0 Å². The molecule has 1 aromatic carbocycles. The Hall–Kier alpha value is -0.905. The third kappa shape index (κ3) is 1.66. The Morgan fingerprint density at radius 1 is 1.14 bits per heavy atom. The third-order valence-corrected chi connectivity index (χ3v) is 2.45. The first kappa shape index (κ1) is 9.64. The van der Waals surface area contributed by atoms with Crippen molar-refractivity contribution in [2.45, 2.75) is 0 Å². The maximum Gasteiger partial charge on any atom is 0.525 e. The van der Waals surface area contributed by atoms with Gasteiger partial charge in [0, 0.05) is 9.99 Å². The number of nitrogens with one attached hydrogen (secondary N) is 1. The second-order valence-electron chi connectivity index (χ2n) is 3.03. The second-order valence-corrected chi connectivity index (χ2v) is 3.95. The van der Waals surface area contributed by atoms with Crippen LogP contribution in [0.1, 0.15) is 0 Å². The van der Waals surface area contributed by atoms with Gasteiger partial charge >= 0.3 is 6.98 Å². The van der Waals surface area contributed by atoms with Crippen molar-refractivity contribution in [2.24, 2.45) is 0 Å². The molecule has 0 aliphatic heterocycles. The minimum Gasteiger partial charge on any atom is -0.444 e. The molecule has 1 aromatic heterocycles. The van der Waals surface area contributed by atoms with Crippen LogP contribution in [0.2, 0.25) is 0 Å². The molecule has 74 valence electrons. The quantitative estimate of drug-likeness (QED) is 0.761. The molecular weight excluding hydrogens is 258 g/mol. The zero-order valence-electron chi connectivity index (χ0n) is 6.90. The molecule has 0 bridgehead atoms. The summed E-state index contributed by atoms with van der Waals surface area (Å²) in [4.78, 5) is 2.34. The van der Waals surface area contributed by atoms with Crippen LogP contribution in [-0.4, -0.2) is 12.0 Å². The largest absolute Gasteiger partial charge is 0.525 e. The van der Waals surface area contributed by atoms with E-state index in [9.17, 15) is 12.9 Å². The lowest BCUT2D eigenvalue weighted by atomic mass is 9.86. The van der Waals surface area contributed by atoms with Gasteiger partial charge in [-0.05, 0) is 29.2 Å². The highest BCUT2D eigenvalue weighted by atomic mass is 79.9.